The number of aliphatic hydroxyl groups is 1. The van der Waals surface area contributed by atoms with Crippen molar-refractivity contribution < 1.29 is 14.6 Å². The van der Waals surface area contributed by atoms with Crippen LogP contribution in [0.4, 0.5) is 0 Å². The molecule has 0 radical (unpaired) electrons. The van der Waals surface area contributed by atoms with Gasteiger partial charge in [0.25, 0.3) is 0 Å². The topological polar surface area (TPSA) is 85.2 Å². The maximum Gasteiger partial charge on any atom is 0.163 e. The van der Waals surface area contributed by atoms with Crippen LogP contribution < -0.4 is 0 Å². The van der Waals surface area contributed by atoms with Gasteiger partial charge in [0, 0.05) is 12.5 Å². The van der Waals surface area contributed by atoms with Crippen molar-refractivity contribution in [3.05, 3.63) is 17.3 Å². The van der Waals surface area contributed by atoms with Gasteiger partial charge in [-0.25, -0.2) is 9.97 Å². The second kappa shape index (κ2) is 4.82. The zero-order chi connectivity index (χ0) is 15.5. The standard InChI is InChI=1S/C14H18N4O3S/c1-14(2)20-10-7(4-19)3-8(11(10)21-14)18-6-17-9-12(18)15-5-16-13(9)22/h5-8,10-11,19H,3-4H2,1-2H3,(H,15,16,22)/t7-,8-,10-,11+/m1/s1. The van der Waals surface area contributed by atoms with Gasteiger partial charge in [-0.2, -0.15) is 0 Å². The number of hydrogen-bond acceptors (Lipinski definition) is 6. The molecule has 0 unspecified atom stereocenters. The SMILES string of the molecule is CC1(C)O[C@@H]2[C@@H](CO)C[C@@H](n3cnc4c(=S)nc[nH]c43)[C@@H]2O1. The number of rotatable bonds is 2. The summed E-state index contributed by atoms with van der Waals surface area (Å²) in [6, 6.07) is 0.0435. The third-order valence-corrected chi connectivity index (χ3v) is 4.82. The molecule has 3 heterocycles. The highest BCUT2D eigenvalue weighted by Crippen LogP contribution is 2.47. The van der Waals surface area contributed by atoms with E-state index in [1.165, 1.54) is 0 Å². The molecule has 2 aromatic rings. The number of nitrogens with zero attached hydrogens (tertiary/aromatic N) is 3. The number of aromatic nitrogens is 4. The summed E-state index contributed by atoms with van der Waals surface area (Å²) in [5, 5.41) is 9.66. The first-order valence-corrected chi connectivity index (χ1v) is 7.78. The zero-order valence-electron chi connectivity index (χ0n) is 12.4. The number of nitrogens with one attached hydrogen (secondary N) is 1. The lowest BCUT2D eigenvalue weighted by Crippen LogP contribution is -2.27. The molecular weight excluding hydrogens is 304 g/mol. The van der Waals surface area contributed by atoms with Crippen molar-refractivity contribution in [1.29, 1.82) is 0 Å². The van der Waals surface area contributed by atoms with Crippen LogP contribution in [0.25, 0.3) is 11.2 Å². The maximum atomic E-state index is 9.66. The van der Waals surface area contributed by atoms with Gasteiger partial charge in [-0.15, -0.1) is 0 Å². The van der Waals surface area contributed by atoms with Gasteiger partial charge >= 0.3 is 0 Å². The summed E-state index contributed by atoms with van der Waals surface area (Å²) in [5.41, 5.74) is 1.51. The molecule has 7 nitrogen and oxygen atoms in total. The van der Waals surface area contributed by atoms with E-state index in [0.717, 1.165) is 12.1 Å². The number of hydrogen-bond donors (Lipinski definition) is 2. The van der Waals surface area contributed by atoms with Gasteiger partial charge < -0.3 is 24.1 Å². The minimum atomic E-state index is -0.633. The number of imidazole rings is 1. The van der Waals surface area contributed by atoms with Crippen molar-refractivity contribution in [2.75, 3.05) is 6.61 Å². The zero-order valence-corrected chi connectivity index (χ0v) is 13.2. The van der Waals surface area contributed by atoms with Crippen molar-refractivity contribution in [1.82, 2.24) is 19.5 Å². The smallest absolute Gasteiger partial charge is 0.163 e. The van der Waals surface area contributed by atoms with Crippen molar-refractivity contribution in [2.45, 2.75) is 44.3 Å². The Kier molecular flexibility index (Phi) is 3.12. The van der Waals surface area contributed by atoms with Crippen molar-refractivity contribution >= 4 is 23.4 Å². The highest BCUT2D eigenvalue weighted by molar-refractivity contribution is 7.71. The molecule has 2 aliphatic rings. The number of aromatic amines is 1. The molecule has 4 atom stereocenters. The van der Waals surface area contributed by atoms with E-state index in [-0.39, 0.29) is 30.8 Å². The Morgan fingerprint density at radius 3 is 2.95 bits per heavy atom. The third kappa shape index (κ3) is 2.02. The first kappa shape index (κ1) is 14.3. The van der Waals surface area contributed by atoms with Crippen LogP contribution in [-0.2, 0) is 9.47 Å². The highest BCUT2D eigenvalue weighted by Gasteiger charge is 2.54. The highest BCUT2D eigenvalue weighted by atomic mass is 32.1. The number of ether oxygens (including phenoxy) is 2. The van der Waals surface area contributed by atoms with E-state index < -0.39 is 5.79 Å². The Balaban J connectivity index is 1.78. The lowest BCUT2D eigenvalue weighted by atomic mass is 10.1. The molecule has 0 amide bonds. The molecule has 118 valence electrons. The maximum absolute atomic E-state index is 9.66. The molecule has 1 saturated heterocycles. The van der Waals surface area contributed by atoms with Gasteiger partial charge in [-0.05, 0) is 20.3 Å². The van der Waals surface area contributed by atoms with Gasteiger partial charge in [0.2, 0.25) is 0 Å². The van der Waals surface area contributed by atoms with E-state index >= 15 is 0 Å². The molecular formula is C14H18N4O3S. The van der Waals surface area contributed by atoms with Gasteiger partial charge in [-0.3, -0.25) is 0 Å². The quantitative estimate of drug-likeness (QED) is 0.816. The van der Waals surface area contributed by atoms with Crippen molar-refractivity contribution in [3.63, 3.8) is 0 Å². The van der Waals surface area contributed by atoms with E-state index in [0.29, 0.717) is 10.2 Å². The predicted octanol–water partition coefficient (Wildman–Crippen LogP) is 1.56. The van der Waals surface area contributed by atoms with E-state index in [9.17, 15) is 5.11 Å². The Labute approximate surface area is 132 Å². The Hall–Kier alpha value is -1.35. The second-order valence-corrected chi connectivity index (χ2v) is 6.75. The Morgan fingerprint density at radius 1 is 1.41 bits per heavy atom. The lowest BCUT2D eigenvalue weighted by Gasteiger charge is -2.23. The Bertz CT molecular complexity index is 771. The van der Waals surface area contributed by atoms with Gasteiger partial charge in [-0.1, -0.05) is 12.2 Å². The van der Waals surface area contributed by atoms with Crippen LogP contribution in [0, 0.1) is 10.6 Å². The van der Waals surface area contributed by atoms with Crippen molar-refractivity contribution in [2.24, 2.45) is 5.92 Å². The lowest BCUT2D eigenvalue weighted by molar-refractivity contribution is -0.161. The fourth-order valence-corrected chi connectivity index (χ4v) is 3.84. The molecule has 1 saturated carbocycles. The molecule has 0 aromatic carbocycles. The molecule has 1 aliphatic heterocycles. The molecule has 1 aliphatic carbocycles. The van der Waals surface area contributed by atoms with Crippen LogP contribution in [0.5, 0.6) is 0 Å². The monoisotopic (exact) mass is 322 g/mol. The summed E-state index contributed by atoms with van der Waals surface area (Å²) in [6.45, 7) is 3.89. The summed E-state index contributed by atoms with van der Waals surface area (Å²) in [7, 11) is 0. The van der Waals surface area contributed by atoms with Crippen LogP contribution in [0.3, 0.4) is 0 Å². The fraction of sp³-hybridized carbons (Fsp3) is 0.643. The predicted molar refractivity (Wildman–Crippen MR) is 80.8 cm³/mol. The first-order valence-electron chi connectivity index (χ1n) is 7.37. The van der Waals surface area contributed by atoms with Crippen LogP contribution in [-0.4, -0.2) is 49.2 Å². The van der Waals surface area contributed by atoms with Crippen LogP contribution in [0.2, 0.25) is 0 Å². The van der Waals surface area contributed by atoms with Gasteiger partial charge in [0.15, 0.2) is 10.4 Å². The minimum absolute atomic E-state index is 0.0435. The second-order valence-electron chi connectivity index (χ2n) is 6.37. The van der Waals surface area contributed by atoms with E-state index in [1.54, 1.807) is 12.7 Å². The van der Waals surface area contributed by atoms with E-state index in [1.807, 2.05) is 18.4 Å². The number of fused-ring (bicyclic) bond motifs is 2. The molecule has 0 spiro atoms. The van der Waals surface area contributed by atoms with Crippen LogP contribution in [0.1, 0.15) is 26.3 Å². The summed E-state index contributed by atoms with van der Waals surface area (Å²) < 4.78 is 14.6. The molecule has 2 aromatic heterocycles. The van der Waals surface area contributed by atoms with Crippen LogP contribution >= 0.6 is 12.2 Å². The number of H-pyrrole nitrogens is 1. The molecule has 0 bridgehead atoms. The summed E-state index contributed by atoms with van der Waals surface area (Å²) in [6.07, 6.45) is 3.90. The molecule has 4 rings (SSSR count). The average Bonchev–Trinajstić information content (AvgIpc) is 3.10. The fourth-order valence-electron chi connectivity index (χ4n) is 3.63. The first-order chi connectivity index (χ1) is 10.5. The summed E-state index contributed by atoms with van der Waals surface area (Å²) in [5.74, 6) is -0.578. The largest absolute Gasteiger partial charge is 0.396 e. The molecule has 2 N–H and O–H groups in total. The van der Waals surface area contributed by atoms with E-state index in [4.69, 9.17) is 21.7 Å². The number of aliphatic hydroxyl groups excluding tert-OH is 1. The average molecular weight is 322 g/mol. The van der Waals surface area contributed by atoms with E-state index in [2.05, 4.69) is 15.0 Å². The molecule has 8 heteroatoms. The minimum Gasteiger partial charge on any atom is -0.396 e. The summed E-state index contributed by atoms with van der Waals surface area (Å²) >= 11 is 5.21. The van der Waals surface area contributed by atoms with Gasteiger partial charge in [0.05, 0.1) is 24.8 Å². The van der Waals surface area contributed by atoms with Crippen LogP contribution in [0.15, 0.2) is 12.7 Å². The molecule has 22 heavy (non-hydrogen) atoms. The Morgan fingerprint density at radius 2 is 2.18 bits per heavy atom. The molecule has 2 fully saturated rings. The third-order valence-electron chi connectivity index (χ3n) is 4.52. The van der Waals surface area contributed by atoms with Crippen molar-refractivity contribution in [3.8, 4) is 0 Å². The van der Waals surface area contributed by atoms with Gasteiger partial charge in [0.1, 0.15) is 17.3 Å². The normalized spacial score (nSPS) is 33.4. The summed E-state index contributed by atoms with van der Waals surface area (Å²) in [4.78, 5) is 11.5.